The molecule has 53 heavy (non-hydrogen) atoms. The van der Waals surface area contributed by atoms with Gasteiger partial charge < -0.3 is 20.3 Å². The highest BCUT2D eigenvalue weighted by Gasteiger charge is 2.24. The lowest BCUT2D eigenvalue weighted by Crippen LogP contribution is -2.46. The van der Waals surface area contributed by atoms with Gasteiger partial charge in [-0.15, -0.1) is 0 Å². The van der Waals surface area contributed by atoms with Crippen molar-refractivity contribution in [1.82, 2.24) is 5.32 Å². The van der Waals surface area contributed by atoms with Crippen LogP contribution in [0.1, 0.15) is 226 Å². The van der Waals surface area contributed by atoms with Crippen LogP contribution in [-0.4, -0.2) is 46.9 Å². The van der Waals surface area contributed by atoms with Crippen molar-refractivity contribution in [3.05, 3.63) is 36.5 Å². The van der Waals surface area contributed by atoms with Crippen molar-refractivity contribution in [3.8, 4) is 0 Å². The zero-order chi connectivity index (χ0) is 38.9. The zero-order valence-electron chi connectivity index (χ0n) is 35.1. The van der Waals surface area contributed by atoms with Gasteiger partial charge >= 0.3 is 5.97 Å². The summed E-state index contributed by atoms with van der Waals surface area (Å²) < 4.78 is 5.88. The average molecular weight is 746 g/mol. The highest BCUT2D eigenvalue weighted by atomic mass is 16.5. The molecular weight excluding hydrogens is 659 g/mol. The van der Waals surface area contributed by atoms with Crippen LogP contribution in [0.15, 0.2) is 36.5 Å². The van der Waals surface area contributed by atoms with Crippen LogP contribution in [0.3, 0.4) is 0 Å². The molecule has 0 aromatic rings. The van der Waals surface area contributed by atoms with E-state index in [-0.39, 0.29) is 24.9 Å². The zero-order valence-corrected chi connectivity index (χ0v) is 35.1. The smallest absolute Gasteiger partial charge is 0.306 e. The van der Waals surface area contributed by atoms with E-state index in [4.69, 9.17) is 4.74 Å². The fraction of sp³-hybridized carbons (Fsp3) is 0.830. The molecule has 0 aliphatic carbocycles. The Morgan fingerprint density at radius 3 is 1.57 bits per heavy atom. The minimum Gasteiger partial charge on any atom is -0.462 e. The van der Waals surface area contributed by atoms with Gasteiger partial charge in [-0.25, -0.2) is 0 Å². The number of nitrogens with one attached hydrogen (secondary N) is 1. The Labute approximate surface area is 328 Å². The van der Waals surface area contributed by atoms with Gasteiger partial charge in [0.15, 0.2) is 0 Å². The maximum absolute atomic E-state index is 13.1. The van der Waals surface area contributed by atoms with Gasteiger partial charge in [0.1, 0.15) is 6.10 Å². The minimum absolute atomic E-state index is 0.0618. The van der Waals surface area contributed by atoms with Crippen molar-refractivity contribution in [2.45, 2.75) is 244 Å². The number of hydrogen-bond acceptors (Lipinski definition) is 5. The van der Waals surface area contributed by atoms with Gasteiger partial charge in [0, 0.05) is 6.42 Å². The van der Waals surface area contributed by atoms with E-state index in [1.54, 1.807) is 0 Å². The molecule has 0 saturated heterocycles. The van der Waals surface area contributed by atoms with Gasteiger partial charge in [-0.05, 0) is 70.6 Å². The second kappa shape index (κ2) is 41.2. The molecule has 0 heterocycles. The lowest BCUT2D eigenvalue weighted by Gasteiger charge is -2.24. The second-order valence-electron chi connectivity index (χ2n) is 15.5. The van der Waals surface area contributed by atoms with Crippen LogP contribution in [0.4, 0.5) is 0 Å². The molecule has 0 spiro atoms. The van der Waals surface area contributed by atoms with Crippen LogP contribution in [0.25, 0.3) is 0 Å². The third kappa shape index (κ3) is 36.8. The molecule has 0 fully saturated rings. The first-order chi connectivity index (χ1) is 26.0. The number of rotatable bonds is 40. The second-order valence-corrected chi connectivity index (χ2v) is 15.5. The van der Waals surface area contributed by atoms with Crippen LogP contribution in [0.5, 0.6) is 0 Å². The Hall–Kier alpha value is -1.92. The highest BCUT2D eigenvalue weighted by molar-refractivity contribution is 5.77. The molecule has 0 saturated carbocycles. The van der Waals surface area contributed by atoms with E-state index >= 15 is 0 Å². The number of carbonyl (C=O) groups is 2. The van der Waals surface area contributed by atoms with Crippen molar-refractivity contribution >= 4 is 11.9 Å². The number of ether oxygens (including phenoxy) is 1. The molecule has 0 aromatic heterocycles. The minimum atomic E-state index is -0.790. The summed E-state index contributed by atoms with van der Waals surface area (Å²) in [7, 11) is 0. The standard InChI is InChI=1S/C47H87NO5/c1-4-7-10-13-16-19-22-23-25-26-29-32-35-38-43(53-47(52)40-37-34-31-28-21-18-15-12-9-6-3)41-46(51)48-44(42-49)45(50)39-36-33-30-27-24-20-17-14-11-8-5-2/h12,15-16,19,22-23,43-45,49-50H,4-11,13-14,17-18,20-21,24-42H2,1-3H3,(H,48,51)/b15-12-,19-16+,23-22+. The summed E-state index contributed by atoms with van der Waals surface area (Å²) in [6.45, 7) is 6.36. The molecule has 6 heteroatoms. The Morgan fingerprint density at radius 2 is 1.00 bits per heavy atom. The SMILES string of the molecule is CCC/C=C\CCCCCCCC(=O)OC(CCCCCC/C=C/C=C/CCCCC)CC(=O)NC(CO)C(O)CCCCCCCCCCCCC. The predicted molar refractivity (Wildman–Crippen MR) is 227 cm³/mol. The summed E-state index contributed by atoms with van der Waals surface area (Å²) in [5, 5.41) is 23.6. The molecule has 310 valence electrons. The number of aliphatic hydroxyl groups excluding tert-OH is 2. The third-order valence-corrected chi connectivity index (χ3v) is 10.2. The van der Waals surface area contributed by atoms with Crippen molar-refractivity contribution in [1.29, 1.82) is 0 Å². The molecule has 0 radical (unpaired) electrons. The lowest BCUT2D eigenvalue weighted by atomic mass is 10.0. The van der Waals surface area contributed by atoms with E-state index in [1.165, 1.54) is 89.9 Å². The van der Waals surface area contributed by atoms with Gasteiger partial charge in [-0.1, -0.05) is 179 Å². The lowest BCUT2D eigenvalue weighted by molar-refractivity contribution is -0.151. The molecule has 1 amide bonds. The van der Waals surface area contributed by atoms with E-state index in [0.717, 1.165) is 89.9 Å². The summed E-state index contributed by atoms with van der Waals surface area (Å²) in [5.41, 5.74) is 0. The number of hydrogen-bond donors (Lipinski definition) is 3. The van der Waals surface area contributed by atoms with E-state index in [0.29, 0.717) is 19.3 Å². The Bertz CT molecular complexity index is 884. The highest BCUT2D eigenvalue weighted by Crippen LogP contribution is 2.17. The first kappa shape index (κ1) is 51.1. The summed E-state index contributed by atoms with van der Waals surface area (Å²) >= 11 is 0. The quantitative estimate of drug-likeness (QED) is 0.0251. The topological polar surface area (TPSA) is 95.9 Å². The van der Waals surface area contributed by atoms with Crippen LogP contribution >= 0.6 is 0 Å². The van der Waals surface area contributed by atoms with Gasteiger partial charge in [0.25, 0.3) is 0 Å². The molecule has 0 rings (SSSR count). The van der Waals surface area contributed by atoms with E-state index < -0.39 is 18.2 Å². The molecule has 6 nitrogen and oxygen atoms in total. The summed E-state index contributed by atoms with van der Waals surface area (Å²) in [6.07, 6.45) is 46.3. The Balaban J connectivity index is 4.64. The number of amides is 1. The van der Waals surface area contributed by atoms with Crippen molar-refractivity contribution < 1.29 is 24.5 Å². The number of unbranched alkanes of at least 4 members (excludes halogenated alkanes) is 23. The molecule has 0 aromatic carbocycles. The van der Waals surface area contributed by atoms with Crippen LogP contribution in [-0.2, 0) is 14.3 Å². The number of carbonyl (C=O) groups excluding carboxylic acids is 2. The number of esters is 1. The van der Waals surface area contributed by atoms with E-state index in [1.807, 2.05) is 0 Å². The molecule has 3 N–H and O–H groups in total. The van der Waals surface area contributed by atoms with Crippen molar-refractivity contribution in [3.63, 3.8) is 0 Å². The van der Waals surface area contributed by atoms with Crippen LogP contribution < -0.4 is 5.32 Å². The largest absolute Gasteiger partial charge is 0.462 e. The molecule has 3 unspecified atom stereocenters. The van der Waals surface area contributed by atoms with Gasteiger partial charge in [-0.3, -0.25) is 9.59 Å². The molecule has 0 bridgehead atoms. The first-order valence-electron chi connectivity index (χ1n) is 22.7. The summed E-state index contributed by atoms with van der Waals surface area (Å²) in [4.78, 5) is 25.9. The summed E-state index contributed by atoms with van der Waals surface area (Å²) in [5.74, 6) is -0.505. The van der Waals surface area contributed by atoms with Crippen molar-refractivity contribution in [2.75, 3.05) is 6.61 Å². The Morgan fingerprint density at radius 1 is 0.547 bits per heavy atom. The molecule has 0 aliphatic rings. The molecular formula is C47H87NO5. The van der Waals surface area contributed by atoms with Crippen molar-refractivity contribution in [2.24, 2.45) is 0 Å². The third-order valence-electron chi connectivity index (χ3n) is 10.2. The summed E-state index contributed by atoms with van der Waals surface area (Å²) in [6, 6.07) is -0.705. The Kier molecular flexibility index (Phi) is 39.8. The normalized spacial score (nSPS) is 13.7. The number of aliphatic hydroxyl groups is 2. The van der Waals surface area contributed by atoms with Crippen LogP contribution in [0, 0.1) is 0 Å². The molecule has 3 atom stereocenters. The van der Waals surface area contributed by atoms with E-state index in [9.17, 15) is 19.8 Å². The van der Waals surface area contributed by atoms with Gasteiger partial charge in [-0.2, -0.15) is 0 Å². The maximum Gasteiger partial charge on any atom is 0.306 e. The fourth-order valence-corrected chi connectivity index (χ4v) is 6.72. The predicted octanol–water partition coefficient (Wildman–Crippen LogP) is 12.9. The fourth-order valence-electron chi connectivity index (χ4n) is 6.72. The van der Waals surface area contributed by atoms with Gasteiger partial charge in [0.2, 0.25) is 5.91 Å². The number of allylic oxidation sites excluding steroid dienone is 6. The van der Waals surface area contributed by atoms with Crippen LogP contribution in [0.2, 0.25) is 0 Å². The monoisotopic (exact) mass is 746 g/mol. The van der Waals surface area contributed by atoms with E-state index in [2.05, 4.69) is 62.5 Å². The first-order valence-corrected chi connectivity index (χ1v) is 22.7. The maximum atomic E-state index is 13.1. The van der Waals surface area contributed by atoms with Gasteiger partial charge in [0.05, 0.1) is 25.2 Å². The average Bonchev–Trinajstić information content (AvgIpc) is 3.15. The molecule has 0 aliphatic heterocycles.